The van der Waals surface area contributed by atoms with Gasteiger partial charge in [-0.3, -0.25) is 4.79 Å². The van der Waals surface area contributed by atoms with Crippen LogP contribution in [-0.4, -0.2) is 17.6 Å². The van der Waals surface area contributed by atoms with Gasteiger partial charge < -0.3 is 9.78 Å². The lowest BCUT2D eigenvalue weighted by atomic mass is 10.2. The summed E-state index contributed by atoms with van der Waals surface area (Å²) >= 11 is 0. The summed E-state index contributed by atoms with van der Waals surface area (Å²) in [6, 6.07) is 1.72. The summed E-state index contributed by atoms with van der Waals surface area (Å²) in [5.74, 6) is 0. The van der Waals surface area contributed by atoms with Crippen LogP contribution in [0, 0.1) is 0 Å². The Kier molecular flexibility index (Phi) is 3.02. The number of H-pyrrole nitrogens is 1. The molecular formula is C9H9NO2. The fourth-order valence-corrected chi connectivity index (χ4v) is 0.854. The van der Waals surface area contributed by atoms with Crippen molar-refractivity contribution < 1.29 is 9.59 Å². The lowest BCUT2D eigenvalue weighted by Crippen LogP contribution is -1.72. The molecule has 0 atom stereocenters. The Labute approximate surface area is 70.1 Å². The Hall–Kier alpha value is -1.64. The van der Waals surface area contributed by atoms with Crippen molar-refractivity contribution in [3.63, 3.8) is 0 Å². The van der Waals surface area contributed by atoms with E-state index in [0.29, 0.717) is 12.1 Å². The third kappa shape index (κ3) is 2.20. The van der Waals surface area contributed by atoms with E-state index in [4.69, 9.17) is 0 Å². The van der Waals surface area contributed by atoms with Gasteiger partial charge in [-0.05, 0) is 11.6 Å². The summed E-state index contributed by atoms with van der Waals surface area (Å²) in [6.07, 6.45) is 7.22. The van der Waals surface area contributed by atoms with E-state index >= 15 is 0 Å². The van der Waals surface area contributed by atoms with Crippen molar-refractivity contribution in [2.24, 2.45) is 0 Å². The maximum atomic E-state index is 10.2. The number of aldehydes is 2. The zero-order chi connectivity index (χ0) is 8.81. The van der Waals surface area contributed by atoms with Crippen molar-refractivity contribution in [1.82, 2.24) is 4.98 Å². The number of hydrogen-bond donors (Lipinski definition) is 1. The minimum absolute atomic E-state index is 0.404. The predicted octanol–water partition coefficient (Wildman–Crippen LogP) is 1.43. The third-order valence-corrected chi connectivity index (χ3v) is 1.40. The van der Waals surface area contributed by atoms with Gasteiger partial charge in [0, 0.05) is 12.6 Å². The molecule has 62 valence electrons. The molecule has 0 amide bonds. The molecule has 0 saturated carbocycles. The molecule has 1 N–H and O–H groups in total. The molecule has 0 unspecified atom stereocenters. The second-order valence-electron chi connectivity index (χ2n) is 2.31. The van der Waals surface area contributed by atoms with Crippen LogP contribution in [-0.2, 0) is 4.79 Å². The molecule has 1 aromatic rings. The van der Waals surface area contributed by atoms with Crippen molar-refractivity contribution in [2.75, 3.05) is 0 Å². The van der Waals surface area contributed by atoms with Crippen LogP contribution in [0.25, 0.3) is 6.08 Å². The molecule has 1 aromatic heterocycles. The van der Waals surface area contributed by atoms with Crippen LogP contribution in [0.4, 0.5) is 0 Å². The third-order valence-electron chi connectivity index (χ3n) is 1.40. The highest BCUT2D eigenvalue weighted by Crippen LogP contribution is 2.03. The zero-order valence-electron chi connectivity index (χ0n) is 6.49. The predicted molar refractivity (Wildman–Crippen MR) is 45.9 cm³/mol. The summed E-state index contributed by atoms with van der Waals surface area (Å²) < 4.78 is 0. The zero-order valence-corrected chi connectivity index (χ0v) is 6.49. The lowest BCUT2D eigenvalue weighted by Gasteiger charge is -1.79. The number of allylic oxidation sites excluding steroid dienone is 1. The van der Waals surface area contributed by atoms with Crippen molar-refractivity contribution in [2.45, 2.75) is 6.42 Å². The van der Waals surface area contributed by atoms with Gasteiger partial charge >= 0.3 is 0 Å². The van der Waals surface area contributed by atoms with Crippen LogP contribution in [0.2, 0.25) is 0 Å². The number of carbonyl (C=O) groups is 2. The number of aromatic nitrogens is 1. The molecule has 1 heterocycles. The Bertz CT molecular complexity index is 299. The fraction of sp³-hybridized carbons (Fsp3) is 0.111. The molecule has 0 fully saturated rings. The highest BCUT2D eigenvalue weighted by atomic mass is 16.1. The molecule has 0 radical (unpaired) electrons. The minimum Gasteiger partial charge on any atom is -0.358 e. The van der Waals surface area contributed by atoms with E-state index in [1.807, 2.05) is 0 Å². The Morgan fingerprint density at radius 1 is 1.42 bits per heavy atom. The van der Waals surface area contributed by atoms with Gasteiger partial charge in [-0.15, -0.1) is 0 Å². The van der Waals surface area contributed by atoms with Crippen LogP contribution in [0.5, 0.6) is 0 Å². The van der Waals surface area contributed by atoms with E-state index in [0.717, 1.165) is 18.1 Å². The molecule has 0 bridgehead atoms. The van der Waals surface area contributed by atoms with E-state index in [9.17, 15) is 9.59 Å². The first-order valence-corrected chi connectivity index (χ1v) is 3.60. The molecule has 0 aliphatic carbocycles. The average Bonchev–Trinajstić information content (AvgIpc) is 2.53. The Morgan fingerprint density at radius 2 is 2.25 bits per heavy atom. The van der Waals surface area contributed by atoms with E-state index < -0.39 is 0 Å². The van der Waals surface area contributed by atoms with Gasteiger partial charge in [0.15, 0.2) is 6.29 Å². The number of rotatable bonds is 4. The topological polar surface area (TPSA) is 49.9 Å². The summed E-state index contributed by atoms with van der Waals surface area (Å²) in [6.45, 7) is 0. The molecule has 0 aliphatic heterocycles. The van der Waals surface area contributed by atoms with Gasteiger partial charge in [0.1, 0.15) is 6.29 Å². The number of hydrogen-bond acceptors (Lipinski definition) is 2. The van der Waals surface area contributed by atoms with Gasteiger partial charge in [0.2, 0.25) is 0 Å². The van der Waals surface area contributed by atoms with Gasteiger partial charge in [0.25, 0.3) is 0 Å². The van der Waals surface area contributed by atoms with E-state index in [-0.39, 0.29) is 0 Å². The van der Waals surface area contributed by atoms with Gasteiger partial charge in [-0.2, -0.15) is 0 Å². The normalized spacial score (nSPS) is 10.3. The Morgan fingerprint density at radius 3 is 2.83 bits per heavy atom. The van der Waals surface area contributed by atoms with Crippen molar-refractivity contribution in [3.8, 4) is 0 Å². The molecule has 3 heteroatoms. The van der Waals surface area contributed by atoms with E-state index in [2.05, 4.69) is 4.98 Å². The van der Waals surface area contributed by atoms with E-state index in [1.54, 1.807) is 24.4 Å². The molecule has 1 rings (SSSR count). The molecule has 3 nitrogen and oxygen atoms in total. The number of carbonyl (C=O) groups excluding carboxylic acids is 2. The lowest BCUT2D eigenvalue weighted by molar-refractivity contribution is -0.107. The summed E-state index contributed by atoms with van der Waals surface area (Å²) in [5.41, 5.74) is 1.44. The van der Waals surface area contributed by atoms with Gasteiger partial charge in [-0.25, -0.2) is 0 Å². The highest BCUT2D eigenvalue weighted by Gasteiger charge is 1.92. The van der Waals surface area contributed by atoms with Crippen molar-refractivity contribution in [1.29, 1.82) is 0 Å². The van der Waals surface area contributed by atoms with Crippen LogP contribution >= 0.6 is 0 Å². The first-order valence-electron chi connectivity index (χ1n) is 3.60. The molecule has 0 spiro atoms. The molecule has 0 saturated heterocycles. The largest absolute Gasteiger partial charge is 0.358 e. The quantitative estimate of drug-likeness (QED) is 0.682. The van der Waals surface area contributed by atoms with E-state index in [1.165, 1.54) is 0 Å². The van der Waals surface area contributed by atoms with Gasteiger partial charge in [0.05, 0.1) is 5.69 Å². The number of nitrogens with one attached hydrogen (secondary N) is 1. The first-order chi connectivity index (χ1) is 5.86. The molecule has 0 aromatic carbocycles. The van der Waals surface area contributed by atoms with Crippen LogP contribution in [0.15, 0.2) is 18.3 Å². The van der Waals surface area contributed by atoms with Crippen LogP contribution in [0.1, 0.15) is 22.5 Å². The summed E-state index contributed by atoms with van der Waals surface area (Å²) in [4.78, 5) is 23.0. The monoisotopic (exact) mass is 163 g/mol. The van der Waals surface area contributed by atoms with Crippen LogP contribution in [0.3, 0.4) is 0 Å². The standard InChI is InChI=1S/C9H9NO2/c11-4-2-1-3-8-5-9(7-12)10-6-8/h1,3-7,10H,2H2. The van der Waals surface area contributed by atoms with Crippen molar-refractivity contribution in [3.05, 3.63) is 29.6 Å². The highest BCUT2D eigenvalue weighted by molar-refractivity contribution is 5.74. The van der Waals surface area contributed by atoms with Crippen LogP contribution < -0.4 is 0 Å². The first kappa shape index (κ1) is 8.46. The van der Waals surface area contributed by atoms with Crippen molar-refractivity contribution >= 4 is 18.6 Å². The smallest absolute Gasteiger partial charge is 0.166 e. The minimum atomic E-state index is 0.404. The van der Waals surface area contributed by atoms with Gasteiger partial charge in [-0.1, -0.05) is 12.2 Å². The number of aromatic amines is 1. The summed E-state index contributed by atoms with van der Waals surface area (Å²) in [5, 5.41) is 0. The fourth-order valence-electron chi connectivity index (χ4n) is 0.854. The maximum absolute atomic E-state index is 10.2. The summed E-state index contributed by atoms with van der Waals surface area (Å²) in [7, 11) is 0. The second-order valence-corrected chi connectivity index (χ2v) is 2.31. The molecule has 12 heavy (non-hydrogen) atoms. The molecular weight excluding hydrogens is 154 g/mol. The molecule has 0 aliphatic rings. The SMILES string of the molecule is O=CCC=Cc1c[nH]c(C=O)c1. The second kappa shape index (κ2) is 4.28. The average molecular weight is 163 g/mol. The Balaban J connectivity index is 2.63. The maximum Gasteiger partial charge on any atom is 0.166 e.